The zero-order chi connectivity index (χ0) is 19.6. The molecule has 3 N–H and O–H groups in total. The van der Waals surface area contributed by atoms with Gasteiger partial charge >= 0.3 is 5.97 Å². The van der Waals surface area contributed by atoms with Gasteiger partial charge in [0.1, 0.15) is 12.1 Å². The van der Waals surface area contributed by atoms with Gasteiger partial charge in [-0.25, -0.2) is 5.48 Å². The molecule has 0 radical (unpaired) electrons. The Balaban J connectivity index is 1.90. The van der Waals surface area contributed by atoms with Crippen molar-refractivity contribution in [2.75, 3.05) is 0 Å². The third-order valence-electron chi connectivity index (χ3n) is 4.49. The average molecular weight is 375 g/mol. The van der Waals surface area contributed by atoms with E-state index in [1.54, 1.807) is 12.3 Å². The summed E-state index contributed by atoms with van der Waals surface area (Å²) in [6.45, 7) is 4.68. The molecule has 7 nitrogen and oxygen atoms in total. The van der Waals surface area contributed by atoms with Crippen molar-refractivity contribution >= 4 is 18.0 Å². The third kappa shape index (κ3) is 7.48. The second kappa shape index (κ2) is 10.8. The fourth-order valence-electron chi connectivity index (χ4n) is 3.07. The number of nitrogens with zero attached hydrogens (tertiary/aromatic N) is 1. The topological polar surface area (TPSA) is 101 Å². The first kappa shape index (κ1) is 21.1. The normalized spacial score (nSPS) is 16.0. The van der Waals surface area contributed by atoms with Crippen LogP contribution in [0.25, 0.3) is 6.08 Å². The molecule has 1 aliphatic carbocycles. The molecule has 1 atom stereocenters. The molecule has 0 aliphatic heterocycles. The molecule has 1 amide bonds. The highest BCUT2D eigenvalue weighted by Crippen LogP contribution is 2.22. The van der Waals surface area contributed by atoms with E-state index in [9.17, 15) is 9.59 Å². The predicted molar refractivity (Wildman–Crippen MR) is 102 cm³/mol. The lowest BCUT2D eigenvalue weighted by molar-refractivity contribution is -0.151. The van der Waals surface area contributed by atoms with Gasteiger partial charge in [-0.2, -0.15) is 0 Å². The first-order chi connectivity index (χ1) is 13.0. The number of hydroxylamine groups is 1. The number of esters is 1. The quantitative estimate of drug-likeness (QED) is 0.265. The van der Waals surface area contributed by atoms with E-state index in [0.29, 0.717) is 18.2 Å². The molecule has 0 aromatic carbocycles. The smallest absolute Gasteiger partial charge is 0.323 e. The van der Waals surface area contributed by atoms with Gasteiger partial charge in [0.2, 0.25) is 0 Å². The van der Waals surface area contributed by atoms with E-state index < -0.39 is 5.91 Å². The Morgan fingerprint density at radius 3 is 2.67 bits per heavy atom. The number of ether oxygens (including phenoxy) is 1. The van der Waals surface area contributed by atoms with E-state index in [0.717, 1.165) is 37.7 Å². The van der Waals surface area contributed by atoms with Crippen LogP contribution in [0.3, 0.4) is 0 Å². The minimum Gasteiger partial charge on any atom is -0.461 e. The molecular weight excluding hydrogens is 346 g/mol. The number of hydrogen-bond acceptors (Lipinski definition) is 6. The molecule has 1 fully saturated rings. The number of rotatable bonds is 9. The van der Waals surface area contributed by atoms with E-state index >= 15 is 0 Å². The average Bonchev–Trinajstić information content (AvgIpc) is 3.16. The van der Waals surface area contributed by atoms with Gasteiger partial charge in [0.05, 0.1) is 5.69 Å². The van der Waals surface area contributed by atoms with E-state index in [2.05, 4.69) is 24.1 Å². The zero-order valence-corrected chi connectivity index (χ0v) is 16.0. The van der Waals surface area contributed by atoms with Crippen LogP contribution in [-0.2, 0) is 20.9 Å². The summed E-state index contributed by atoms with van der Waals surface area (Å²) in [6, 6.07) is 3.32. The molecule has 1 aromatic rings. The lowest BCUT2D eigenvalue weighted by atomic mass is 10.0. The van der Waals surface area contributed by atoms with Crippen molar-refractivity contribution in [2.24, 2.45) is 5.92 Å². The number of pyridine rings is 1. The summed E-state index contributed by atoms with van der Waals surface area (Å²) >= 11 is 0. The highest BCUT2D eigenvalue weighted by molar-refractivity contribution is 5.90. The van der Waals surface area contributed by atoms with Crippen LogP contribution in [0.15, 0.2) is 24.4 Å². The van der Waals surface area contributed by atoms with Crippen molar-refractivity contribution in [2.45, 2.75) is 64.6 Å². The van der Waals surface area contributed by atoms with Gasteiger partial charge in [-0.15, -0.1) is 0 Å². The van der Waals surface area contributed by atoms with E-state index in [1.807, 2.05) is 6.07 Å². The first-order valence-corrected chi connectivity index (χ1v) is 9.49. The fraction of sp³-hybridized carbons (Fsp3) is 0.550. The number of carbonyl (C=O) groups excluding carboxylic acids is 2. The van der Waals surface area contributed by atoms with Gasteiger partial charge in [0.15, 0.2) is 0 Å². The Morgan fingerprint density at radius 2 is 2.07 bits per heavy atom. The van der Waals surface area contributed by atoms with Crippen molar-refractivity contribution in [3.05, 3.63) is 35.7 Å². The number of carbonyl (C=O) groups is 2. The Labute approximate surface area is 160 Å². The van der Waals surface area contributed by atoms with Gasteiger partial charge in [0.25, 0.3) is 5.91 Å². The molecule has 0 bridgehead atoms. The van der Waals surface area contributed by atoms with Gasteiger partial charge in [-0.05, 0) is 55.7 Å². The second-order valence-corrected chi connectivity index (χ2v) is 7.31. The van der Waals surface area contributed by atoms with Crippen molar-refractivity contribution in [3.8, 4) is 0 Å². The number of nitrogens with one attached hydrogen (secondary N) is 2. The summed E-state index contributed by atoms with van der Waals surface area (Å²) < 4.78 is 5.66. The maximum Gasteiger partial charge on any atom is 0.323 e. The lowest BCUT2D eigenvalue weighted by Crippen LogP contribution is -2.40. The molecule has 0 spiro atoms. The summed E-state index contributed by atoms with van der Waals surface area (Å²) in [5.41, 5.74) is 3.05. The summed E-state index contributed by atoms with van der Waals surface area (Å²) in [6.07, 6.45) is 9.37. The largest absolute Gasteiger partial charge is 0.461 e. The summed E-state index contributed by atoms with van der Waals surface area (Å²) in [5.74, 6) is -0.403. The van der Waals surface area contributed by atoms with Crippen molar-refractivity contribution < 1.29 is 19.5 Å². The molecular formula is C20H29N3O4. The van der Waals surface area contributed by atoms with Gasteiger partial charge < -0.3 is 10.1 Å². The molecule has 1 heterocycles. The number of aromatic nitrogens is 1. The third-order valence-corrected chi connectivity index (χ3v) is 4.49. The first-order valence-electron chi connectivity index (χ1n) is 9.49. The minimum absolute atomic E-state index is 0.0674. The van der Waals surface area contributed by atoms with E-state index in [1.165, 1.54) is 17.6 Å². The van der Waals surface area contributed by atoms with E-state index in [4.69, 9.17) is 9.94 Å². The Bertz CT molecular complexity index is 637. The van der Waals surface area contributed by atoms with Crippen LogP contribution in [0.4, 0.5) is 0 Å². The molecule has 0 saturated heterocycles. The van der Waals surface area contributed by atoms with Gasteiger partial charge in [-0.1, -0.05) is 19.9 Å². The van der Waals surface area contributed by atoms with Crippen molar-refractivity contribution in [3.63, 3.8) is 0 Å². The van der Waals surface area contributed by atoms with Crippen LogP contribution in [0.2, 0.25) is 0 Å². The standard InChI is InChI=1S/C20H29N3O4/c1-14(2)11-18(20(25)27-17-5-3-4-6-17)22-13-15-7-8-16(21-12-15)9-10-19(24)23-26/h7-10,12,14,17-18,22,26H,3-6,11,13H2,1-2H3,(H,23,24)/b10-9+/t18-/m1/s1. The van der Waals surface area contributed by atoms with E-state index in [-0.39, 0.29) is 18.1 Å². The van der Waals surface area contributed by atoms with Crippen LogP contribution < -0.4 is 10.8 Å². The molecule has 7 heteroatoms. The number of amides is 1. The highest BCUT2D eigenvalue weighted by atomic mass is 16.5. The fourth-order valence-corrected chi connectivity index (χ4v) is 3.07. The zero-order valence-electron chi connectivity index (χ0n) is 16.0. The summed E-state index contributed by atoms with van der Waals surface area (Å²) in [4.78, 5) is 27.7. The maximum atomic E-state index is 12.5. The molecule has 1 aromatic heterocycles. The van der Waals surface area contributed by atoms with Crippen molar-refractivity contribution in [1.82, 2.24) is 15.8 Å². The lowest BCUT2D eigenvalue weighted by Gasteiger charge is -2.21. The maximum absolute atomic E-state index is 12.5. The molecule has 148 valence electrons. The van der Waals surface area contributed by atoms with Crippen LogP contribution in [0.1, 0.15) is 57.2 Å². The summed E-state index contributed by atoms with van der Waals surface area (Å²) in [7, 11) is 0. The van der Waals surface area contributed by atoms with Crippen LogP contribution >= 0.6 is 0 Å². The van der Waals surface area contributed by atoms with Gasteiger partial charge in [-0.3, -0.25) is 19.8 Å². The Hall–Kier alpha value is -2.25. The second-order valence-electron chi connectivity index (χ2n) is 7.31. The predicted octanol–water partition coefficient (Wildman–Crippen LogP) is 2.59. The summed E-state index contributed by atoms with van der Waals surface area (Å²) in [5, 5.41) is 11.7. The van der Waals surface area contributed by atoms with Gasteiger partial charge in [0, 0.05) is 18.8 Å². The van der Waals surface area contributed by atoms with Crippen molar-refractivity contribution in [1.29, 1.82) is 0 Å². The van der Waals surface area contributed by atoms with Crippen LogP contribution in [-0.4, -0.2) is 34.2 Å². The van der Waals surface area contributed by atoms with Crippen LogP contribution in [0, 0.1) is 5.92 Å². The molecule has 1 aliphatic rings. The SMILES string of the molecule is CC(C)C[C@@H](NCc1ccc(/C=C/C(=O)NO)nc1)C(=O)OC1CCCC1. The molecule has 27 heavy (non-hydrogen) atoms. The molecule has 2 rings (SSSR count). The number of hydrogen-bond donors (Lipinski definition) is 3. The monoisotopic (exact) mass is 375 g/mol. The Kier molecular flexibility index (Phi) is 8.42. The Morgan fingerprint density at radius 1 is 1.33 bits per heavy atom. The molecule has 1 saturated carbocycles. The highest BCUT2D eigenvalue weighted by Gasteiger charge is 2.25. The van der Waals surface area contributed by atoms with Crippen LogP contribution in [0.5, 0.6) is 0 Å². The molecule has 0 unspecified atom stereocenters. The minimum atomic E-state index is -0.611.